The first-order chi connectivity index (χ1) is 5.25. The topological polar surface area (TPSA) is 25.8 Å². The third kappa shape index (κ3) is 2.10. The Morgan fingerprint density at radius 1 is 1.55 bits per heavy atom. The van der Waals surface area contributed by atoms with Crippen molar-refractivity contribution in [1.29, 1.82) is 0 Å². The Balaban J connectivity index is 3.02. The molecule has 1 rings (SSSR count). The number of hydrogen-bond acceptors (Lipinski definition) is 4. The predicted octanol–water partition coefficient (Wildman–Crippen LogP) is 2.54. The molecule has 0 saturated carbocycles. The van der Waals surface area contributed by atoms with Crippen LogP contribution in [0.2, 0.25) is 0 Å². The van der Waals surface area contributed by atoms with E-state index < -0.39 is 0 Å². The monoisotopic (exact) mass is 186 g/mol. The van der Waals surface area contributed by atoms with Gasteiger partial charge in [-0.1, -0.05) is 24.6 Å². The highest BCUT2D eigenvalue weighted by molar-refractivity contribution is 8.68. The van der Waals surface area contributed by atoms with Gasteiger partial charge in [-0.25, -0.2) is 0 Å². The fourth-order valence-corrected chi connectivity index (χ4v) is 1.76. The maximum absolute atomic E-state index is 4.12. The molecular formula is C7H10N2S2. The lowest BCUT2D eigenvalue weighted by Gasteiger charge is -2.05. The summed E-state index contributed by atoms with van der Waals surface area (Å²) in [5, 5.41) is 7.85. The molecule has 1 aromatic rings. The molecule has 60 valence electrons. The van der Waals surface area contributed by atoms with Gasteiger partial charge in [0.1, 0.15) is 0 Å². The van der Waals surface area contributed by atoms with E-state index in [-0.39, 0.29) is 0 Å². The molecule has 0 unspecified atom stereocenters. The minimum absolute atomic E-state index is 0.415. The maximum atomic E-state index is 4.12. The molecule has 0 N–H and O–H groups in total. The van der Waals surface area contributed by atoms with E-state index in [2.05, 4.69) is 35.7 Å². The molecule has 1 heterocycles. The standard InChI is InChI=1S/C7H10N2S2/c1-5(2)7-6(11-10)3-4-8-9-7/h3-5,10H,1-2H3. The van der Waals surface area contributed by atoms with Gasteiger partial charge in [-0.2, -0.15) is 10.2 Å². The molecule has 0 aliphatic heterocycles. The zero-order valence-electron chi connectivity index (χ0n) is 6.48. The lowest BCUT2D eigenvalue weighted by atomic mass is 10.1. The fraction of sp³-hybridized carbons (Fsp3) is 0.429. The molecule has 0 aromatic carbocycles. The van der Waals surface area contributed by atoms with Crippen molar-refractivity contribution in [2.24, 2.45) is 0 Å². The van der Waals surface area contributed by atoms with Crippen LogP contribution in [0, 0.1) is 0 Å². The Morgan fingerprint density at radius 3 is 2.73 bits per heavy atom. The molecule has 1 aromatic heterocycles. The molecule has 11 heavy (non-hydrogen) atoms. The Hall–Kier alpha value is -0.220. The quantitative estimate of drug-likeness (QED) is 0.567. The number of thiol groups is 1. The van der Waals surface area contributed by atoms with Crippen molar-refractivity contribution in [1.82, 2.24) is 10.2 Å². The summed E-state index contributed by atoms with van der Waals surface area (Å²) in [6, 6.07) is 1.93. The smallest absolute Gasteiger partial charge is 0.0800 e. The first-order valence-corrected chi connectivity index (χ1v) is 5.25. The van der Waals surface area contributed by atoms with Crippen LogP contribution in [0.1, 0.15) is 25.5 Å². The Kier molecular flexibility index (Phi) is 3.20. The van der Waals surface area contributed by atoms with Gasteiger partial charge in [0, 0.05) is 4.90 Å². The average molecular weight is 186 g/mol. The van der Waals surface area contributed by atoms with E-state index in [9.17, 15) is 0 Å². The summed E-state index contributed by atoms with van der Waals surface area (Å²) in [6.07, 6.45) is 1.68. The van der Waals surface area contributed by atoms with Crippen molar-refractivity contribution in [3.05, 3.63) is 18.0 Å². The second-order valence-electron chi connectivity index (χ2n) is 2.53. The largest absolute Gasteiger partial charge is 0.159 e. The van der Waals surface area contributed by atoms with E-state index in [0.29, 0.717) is 5.92 Å². The minimum Gasteiger partial charge on any atom is -0.159 e. The zero-order chi connectivity index (χ0) is 8.27. The van der Waals surface area contributed by atoms with Crippen molar-refractivity contribution in [2.45, 2.75) is 24.7 Å². The average Bonchev–Trinajstić information content (AvgIpc) is 2.04. The van der Waals surface area contributed by atoms with Crippen LogP contribution in [0.15, 0.2) is 17.2 Å². The molecule has 0 radical (unpaired) electrons. The first-order valence-electron chi connectivity index (χ1n) is 3.38. The van der Waals surface area contributed by atoms with E-state index >= 15 is 0 Å². The van der Waals surface area contributed by atoms with Crippen LogP contribution < -0.4 is 0 Å². The first kappa shape index (κ1) is 8.87. The summed E-state index contributed by atoms with van der Waals surface area (Å²) in [7, 11) is 1.42. The highest BCUT2D eigenvalue weighted by Crippen LogP contribution is 2.27. The van der Waals surface area contributed by atoms with Crippen LogP contribution in [0.3, 0.4) is 0 Å². The van der Waals surface area contributed by atoms with Gasteiger partial charge in [0.2, 0.25) is 0 Å². The van der Waals surface area contributed by atoms with Crippen molar-refractivity contribution >= 4 is 22.5 Å². The lowest BCUT2D eigenvalue weighted by molar-refractivity contribution is 0.757. The Morgan fingerprint density at radius 2 is 2.27 bits per heavy atom. The van der Waals surface area contributed by atoms with Crippen LogP contribution in [-0.2, 0) is 0 Å². The van der Waals surface area contributed by atoms with Gasteiger partial charge in [0.05, 0.1) is 11.9 Å². The molecule has 0 saturated heterocycles. The maximum Gasteiger partial charge on any atom is 0.0800 e. The van der Waals surface area contributed by atoms with E-state index in [1.54, 1.807) is 6.20 Å². The molecule has 0 atom stereocenters. The predicted molar refractivity (Wildman–Crippen MR) is 51.0 cm³/mol. The SMILES string of the molecule is CC(C)c1nnccc1SS. The Bertz CT molecular complexity index is 238. The third-order valence-corrected chi connectivity index (χ3v) is 2.49. The second kappa shape index (κ2) is 3.97. The van der Waals surface area contributed by atoms with E-state index in [1.807, 2.05) is 6.07 Å². The van der Waals surface area contributed by atoms with Gasteiger partial charge in [0.25, 0.3) is 0 Å². The van der Waals surface area contributed by atoms with Gasteiger partial charge in [-0.05, 0) is 12.0 Å². The van der Waals surface area contributed by atoms with Gasteiger partial charge in [-0.3, -0.25) is 0 Å². The third-order valence-electron chi connectivity index (χ3n) is 1.36. The van der Waals surface area contributed by atoms with Gasteiger partial charge >= 0.3 is 0 Å². The fourth-order valence-electron chi connectivity index (χ4n) is 0.808. The van der Waals surface area contributed by atoms with E-state index in [4.69, 9.17) is 0 Å². The Labute approximate surface area is 75.6 Å². The molecule has 0 aliphatic carbocycles. The zero-order valence-corrected chi connectivity index (χ0v) is 8.19. The summed E-state index contributed by atoms with van der Waals surface area (Å²) in [4.78, 5) is 1.10. The van der Waals surface area contributed by atoms with Gasteiger partial charge in [0.15, 0.2) is 0 Å². The van der Waals surface area contributed by atoms with Crippen LogP contribution in [0.25, 0.3) is 0 Å². The molecule has 2 nitrogen and oxygen atoms in total. The normalized spacial score (nSPS) is 10.5. The molecule has 0 bridgehead atoms. The molecule has 0 spiro atoms. The number of nitrogens with zero attached hydrogens (tertiary/aromatic N) is 2. The van der Waals surface area contributed by atoms with Crippen LogP contribution in [0.4, 0.5) is 0 Å². The lowest BCUT2D eigenvalue weighted by Crippen LogP contribution is -1.96. The number of rotatable bonds is 2. The minimum atomic E-state index is 0.415. The molecule has 4 heteroatoms. The van der Waals surface area contributed by atoms with Crippen molar-refractivity contribution in [2.75, 3.05) is 0 Å². The molecular weight excluding hydrogens is 176 g/mol. The summed E-state index contributed by atoms with van der Waals surface area (Å²) in [6.45, 7) is 4.19. The van der Waals surface area contributed by atoms with Crippen molar-refractivity contribution in [3.63, 3.8) is 0 Å². The van der Waals surface area contributed by atoms with E-state index in [1.165, 1.54) is 10.8 Å². The second-order valence-corrected chi connectivity index (χ2v) is 3.70. The summed E-state index contributed by atoms with van der Waals surface area (Å²) in [5.74, 6) is 0.415. The highest BCUT2D eigenvalue weighted by atomic mass is 33.1. The molecule has 0 aliphatic rings. The summed E-state index contributed by atoms with van der Waals surface area (Å²) < 4.78 is 0. The molecule has 0 fully saturated rings. The summed E-state index contributed by atoms with van der Waals surface area (Å²) >= 11 is 4.12. The summed E-state index contributed by atoms with van der Waals surface area (Å²) in [5.41, 5.74) is 1.02. The van der Waals surface area contributed by atoms with Crippen LogP contribution >= 0.6 is 22.5 Å². The number of hydrogen-bond donors (Lipinski definition) is 1. The van der Waals surface area contributed by atoms with E-state index in [0.717, 1.165) is 10.6 Å². The van der Waals surface area contributed by atoms with Crippen LogP contribution in [0.5, 0.6) is 0 Å². The van der Waals surface area contributed by atoms with Crippen molar-refractivity contribution < 1.29 is 0 Å². The molecule has 0 amide bonds. The number of aromatic nitrogens is 2. The van der Waals surface area contributed by atoms with Gasteiger partial charge in [-0.15, -0.1) is 11.7 Å². The van der Waals surface area contributed by atoms with Crippen molar-refractivity contribution in [3.8, 4) is 0 Å². The van der Waals surface area contributed by atoms with Crippen LogP contribution in [-0.4, -0.2) is 10.2 Å². The highest BCUT2D eigenvalue weighted by Gasteiger charge is 2.06. The van der Waals surface area contributed by atoms with Gasteiger partial charge < -0.3 is 0 Å².